The van der Waals surface area contributed by atoms with E-state index in [9.17, 15) is 4.79 Å². The number of hydrogen-bond donors (Lipinski definition) is 2. The molecular formula is C9H16N2O3. The standard InChI is InChI=1S/C9H16N2O3/c12-9(13)10-7-1-3-11(4-2-7)5-8-6-14-8/h7-8,10H,1-6H2,(H,12,13). The fraction of sp³-hybridized carbons (Fsp3) is 0.889. The van der Waals surface area contributed by atoms with E-state index in [1.54, 1.807) is 0 Å². The SMILES string of the molecule is O=C(O)NC1CCN(CC2CO2)CC1. The van der Waals surface area contributed by atoms with Crippen LogP contribution in [0, 0.1) is 0 Å². The smallest absolute Gasteiger partial charge is 0.404 e. The summed E-state index contributed by atoms with van der Waals surface area (Å²) in [6, 6.07) is 0.142. The molecule has 2 aliphatic rings. The van der Waals surface area contributed by atoms with E-state index < -0.39 is 6.09 Å². The Bertz CT molecular complexity index is 210. The van der Waals surface area contributed by atoms with Gasteiger partial charge in [-0.05, 0) is 12.8 Å². The Hall–Kier alpha value is -0.810. The summed E-state index contributed by atoms with van der Waals surface area (Å²) < 4.78 is 5.15. The van der Waals surface area contributed by atoms with Gasteiger partial charge in [0.05, 0.1) is 12.7 Å². The van der Waals surface area contributed by atoms with Crippen LogP contribution in [0.4, 0.5) is 4.79 Å². The predicted octanol–water partition coefficient (Wildman–Crippen LogP) is 0.117. The van der Waals surface area contributed by atoms with E-state index in [0.29, 0.717) is 6.10 Å². The lowest BCUT2D eigenvalue weighted by molar-refractivity contribution is 0.162. The predicted molar refractivity (Wildman–Crippen MR) is 50.4 cm³/mol. The van der Waals surface area contributed by atoms with E-state index in [2.05, 4.69) is 10.2 Å². The van der Waals surface area contributed by atoms with Crippen molar-refractivity contribution in [2.24, 2.45) is 0 Å². The number of epoxide rings is 1. The van der Waals surface area contributed by atoms with Crippen molar-refractivity contribution in [2.45, 2.75) is 25.0 Å². The fourth-order valence-corrected chi connectivity index (χ4v) is 1.90. The topological polar surface area (TPSA) is 65.1 Å². The van der Waals surface area contributed by atoms with Crippen molar-refractivity contribution in [3.05, 3.63) is 0 Å². The van der Waals surface area contributed by atoms with Crippen LogP contribution in [-0.4, -0.2) is 54.5 Å². The number of hydrogen-bond acceptors (Lipinski definition) is 3. The summed E-state index contributed by atoms with van der Waals surface area (Å²) in [4.78, 5) is 12.7. The van der Waals surface area contributed by atoms with Gasteiger partial charge in [-0.25, -0.2) is 4.79 Å². The largest absolute Gasteiger partial charge is 0.465 e. The maximum Gasteiger partial charge on any atom is 0.404 e. The lowest BCUT2D eigenvalue weighted by Gasteiger charge is -2.31. The number of carboxylic acid groups (broad SMARTS) is 1. The highest BCUT2D eigenvalue weighted by Gasteiger charge is 2.28. The first-order valence-corrected chi connectivity index (χ1v) is 5.07. The van der Waals surface area contributed by atoms with Gasteiger partial charge in [0.25, 0.3) is 0 Å². The van der Waals surface area contributed by atoms with Gasteiger partial charge >= 0.3 is 6.09 Å². The molecule has 2 fully saturated rings. The van der Waals surface area contributed by atoms with Crippen LogP contribution in [-0.2, 0) is 4.74 Å². The molecule has 5 heteroatoms. The van der Waals surface area contributed by atoms with Gasteiger partial charge in [0.2, 0.25) is 0 Å². The van der Waals surface area contributed by atoms with Crippen molar-refractivity contribution in [2.75, 3.05) is 26.2 Å². The Morgan fingerprint density at radius 1 is 1.50 bits per heavy atom. The van der Waals surface area contributed by atoms with Crippen LogP contribution in [0.15, 0.2) is 0 Å². The fourth-order valence-electron chi connectivity index (χ4n) is 1.90. The maximum absolute atomic E-state index is 10.4. The normalized spacial score (nSPS) is 28.7. The molecule has 0 spiro atoms. The summed E-state index contributed by atoms with van der Waals surface area (Å²) >= 11 is 0. The number of ether oxygens (including phenoxy) is 1. The zero-order chi connectivity index (χ0) is 9.97. The summed E-state index contributed by atoms with van der Waals surface area (Å²) in [5.74, 6) is 0. The van der Waals surface area contributed by atoms with Crippen molar-refractivity contribution in [1.29, 1.82) is 0 Å². The third-order valence-electron chi connectivity index (χ3n) is 2.78. The van der Waals surface area contributed by atoms with Gasteiger partial charge in [0.1, 0.15) is 0 Å². The van der Waals surface area contributed by atoms with Crippen molar-refractivity contribution in [1.82, 2.24) is 10.2 Å². The molecule has 2 rings (SSSR count). The Morgan fingerprint density at radius 3 is 2.64 bits per heavy atom. The van der Waals surface area contributed by atoms with E-state index in [1.165, 1.54) is 0 Å². The van der Waals surface area contributed by atoms with Gasteiger partial charge < -0.3 is 20.1 Å². The molecule has 80 valence electrons. The van der Waals surface area contributed by atoms with E-state index >= 15 is 0 Å². The average molecular weight is 200 g/mol. The molecule has 0 aromatic rings. The monoisotopic (exact) mass is 200 g/mol. The van der Waals surface area contributed by atoms with Gasteiger partial charge in [-0.15, -0.1) is 0 Å². The number of piperidine rings is 1. The molecule has 1 atom stereocenters. The summed E-state index contributed by atoms with van der Waals surface area (Å²) in [7, 11) is 0. The quantitative estimate of drug-likeness (QED) is 0.635. The number of nitrogens with zero attached hydrogens (tertiary/aromatic N) is 1. The number of carbonyl (C=O) groups is 1. The molecule has 2 N–H and O–H groups in total. The Morgan fingerprint density at radius 2 is 2.14 bits per heavy atom. The summed E-state index contributed by atoms with van der Waals surface area (Å²) in [6.07, 6.45) is 1.37. The first kappa shape index (κ1) is 9.73. The highest BCUT2D eigenvalue weighted by molar-refractivity contribution is 5.64. The van der Waals surface area contributed by atoms with E-state index in [-0.39, 0.29) is 6.04 Å². The van der Waals surface area contributed by atoms with Gasteiger partial charge in [-0.2, -0.15) is 0 Å². The first-order valence-electron chi connectivity index (χ1n) is 5.07. The average Bonchev–Trinajstić information content (AvgIpc) is 2.91. The van der Waals surface area contributed by atoms with E-state index in [4.69, 9.17) is 9.84 Å². The number of rotatable bonds is 3. The molecular weight excluding hydrogens is 184 g/mol. The third-order valence-corrected chi connectivity index (χ3v) is 2.78. The van der Waals surface area contributed by atoms with E-state index in [0.717, 1.165) is 39.1 Å². The second kappa shape index (κ2) is 4.14. The van der Waals surface area contributed by atoms with Crippen molar-refractivity contribution < 1.29 is 14.6 Å². The molecule has 5 nitrogen and oxygen atoms in total. The van der Waals surface area contributed by atoms with Crippen molar-refractivity contribution >= 4 is 6.09 Å². The van der Waals surface area contributed by atoms with Crippen molar-refractivity contribution in [3.8, 4) is 0 Å². The second-order valence-electron chi connectivity index (χ2n) is 3.98. The van der Waals surface area contributed by atoms with Gasteiger partial charge in [-0.1, -0.05) is 0 Å². The van der Waals surface area contributed by atoms with Crippen LogP contribution in [0.5, 0.6) is 0 Å². The molecule has 14 heavy (non-hydrogen) atoms. The highest BCUT2D eigenvalue weighted by atomic mass is 16.6. The number of likely N-dealkylation sites (tertiary alicyclic amines) is 1. The number of amides is 1. The zero-order valence-electron chi connectivity index (χ0n) is 8.11. The Kier molecular flexibility index (Phi) is 2.88. The van der Waals surface area contributed by atoms with Crippen LogP contribution < -0.4 is 5.32 Å². The Labute approximate surface area is 83.0 Å². The molecule has 0 bridgehead atoms. The number of nitrogens with one attached hydrogen (secondary N) is 1. The molecule has 0 aromatic carbocycles. The molecule has 0 aromatic heterocycles. The van der Waals surface area contributed by atoms with Crippen molar-refractivity contribution in [3.63, 3.8) is 0 Å². The zero-order valence-corrected chi connectivity index (χ0v) is 8.11. The summed E-state index contributed by atoms with van der Waals surface area (Å²) in [6.45, 7) is 3.86. The molecule has 2 saturated heterocycles. The molecule has 2 heterocycles. The molecule has 0 radical (unpaired) electrons. The van der Waals surface area contributed by atoms with Crippen LogP contribution >= 0.6 is 0 Å². The van der Waals surface area contributed by atoms with Crippen LogP contribution in [0.2, 0.25) is 0 Å². The van der Waals surface area contributed by atoms with Crippen LogP contribution in [0.3, 0.4) is 0 Å². The Balaban J connectivity index is 1.66. The second-order valence-corrected chi connectivity index (χ2v) is 3.98. The van der Waals surface area contributed by atoms with Gasteiger partial charge in [-0.3, -0.25) is 0 Å². The molecule has 1 unspecified atom stereocenters. The minimum absolute atomic E-state index is 0.142. The molecule has 0 aliphatic carbocycles. The minimum atomic E-state index is -0.908. The highest BCUT2D eigenvalue weighted by Crippen LogP contribution is 2.15. The lowest BCUT2D eigenvalue weighted by Crippen LogP contribution is -2.45. The molecule has 0 saturated carbocycles. The maximum atomic E-state index is 10.4. The summed E-state index contributed by atoms with van der Waals surface area (Å²) in [5.41, 5.74) is 0. The van der Waals surface area contributed by atoms with Gasteiger partial charge in [0, 0.05) is 25.7 Å². The van der Waals surface area contributed by atoms with Crippen LogP contribution in [0.25, 0.3) is 0 Å². The third kappa shape index (κ3) is 2.85. The van der Waals surface area contributed by atoms with E-state index in [1.807, 2.05) is 0 Å². The van der Waals surface area contributed by atoms with Crippen LogP contribution in [0.1, 0.15) is 12.8 Å². The first-order chi connectivity index (χ1) is 6.74. The summed E-state index contributed by atoms with van der Waals surface area (Å²) in [5, 5.41) is 11.1. The molecule has 2 aliphatic heterocycles. The molecule has 1 amide bonds. The lowest BCUT2D eigenvalue weighted by atomic mass is 10.1. The van der Waals surface area contributed by atoms with Gasteiger partial charge in [0.15, 0.2) is 0 Å². The minimum Gasteiger partial charge on any atom is -0.465 e.